The molecule has 0 saturated heterocycles. The zero-order valence-electron chi connectivity index (χ0n) is 15.8. The molecule has 0 radical (unpaired) electrons. The minimum Gasteiger partial charge on any atom is -0.508 e. The minimum atomic E-state index is 0.0545. The number of hydrogen-bond donors (Lipinski definition) is 3. The molecule has 5 nitrogen and oxygen atoms in total. The molecule has 0 atom stereocenters. The lowest BCUT2D eigenvalue weighted by Gasteiger charge is -2.21. The molecular formula is C23H23N3O2. The van der Waals surface area contributed by atoms with Crippen molar-refractivity contribution >= 4 is 17.0 Å². The number of phenols is 2. The standard InChI is InChI=1S/C23H23N3O2/c1-2-13-26(23-24-20-5-3-4-6-21(20)25-23)15-16-7-9-17(10-8-16)19-12-11-18(27)14-22(19)28/h3-12,14,27-28H,2,13,15H2,1H3,(H,24,25). The van der Waals surface area contributed by atoms with Gasteiger partial charge in [-0.05, 0) is 41.8 Å². The summed E-state index contributed by atoms with van der Waals surface area (Å²) in [6.07, 6.45) is 1.02. The Labute approximate surface area is 163 Å². The molecule has 0 spiro atoms. The predicted octanol–water partition coefficient (Wildman–Crippen LogP) is 5.06. The van der Waals surface area contributed by atoms with E-state index in [4.69, 9.17) is 4.98 Å². The molecule has 5 heteroatoms. The van der Waals surface area contributed by atoms with E-state index >= 15 is 0 Å². The predicted molar refractivity (Wildman–Crippen MR) is 113 cm³/mol. The third kappa shape index (κ3) is 3.64. The van der Waals surface area contributed by atoms with E-state index in [1.165, 1.54) is 6.07 Å². The first kappa shape index (κ1) is 17.9. The maximum atomic E-state index is 10.1. The number of fused-ring (bicyclic) bond motifs is 1. The highest BCUT2D eigenvalue weighted by molar-refractivity contribution is 5.77. The summed E-state index contributed by atoms with van der Waals surface area (Å²) >= 11 is 0. The average Bonchev–Trinajstić information content (AvgIpc) is 3.13. The Morgan fingerprint density at radius 3 is 2.46 bits per heavy atom. The van der Waals surface area contributed by atoms with Crippen LogP contribution in [-0.2, 0) is 6.54 Å². The van der Waals surface area contributed by atoms with Crippen LogP contribution in [0.25, 0.3) is 22.2 Å². The number of aromatic hydroxyl groups is 2. The molecule has 1 aromatic heterocycles. The first-order valence-corrected chi connectivity index (χ1v) is 9.45. The third-order valence-corrected chi connectivity index (χ3v) is 4.79. The van der Waals surface area contributed by atoms with Gasteiger partial charge in [0, 0.05) is 24.7 Å². The zero-order valence-corrected chi connectivity index (χ0v) is 15.8. The lowest BCUT2D eigenvalue weighted by Crippen LogP contribution is -2.24. The van der Waals surface area contributed by atoms with E-state index in [-0.39, 0.29) is 11.5 Å². The van der Waals surface area contributed by atoms with Crippen molar-refractivity contribution in [2.75, 3.05) is 11.4 Å². The van der Waals surface area contributed by atoms with E-state index in [1.807, 2.05) is 36.4 Å². The van der Waals surface area contributed by atoms with E-state index < -0.39 is 0 Å². The number of anilines is 1. The van der Waals surface area contributed by atoms with Gasteiger partial charge in [0.25, 0.3) is 0 Å². The molecule has 0 unspecified atom stereocenters. The van der Waals surface area contributed by atoms with Gasteiger partial charge in [-0.15, -0.1) is 0 Å². The number of imidazole rings is 1. The summed E-state index contributed by atoms with van der Waals surface area (Å²) in [6.45, 7) is 3.81. The summed E-state index contributed by atoms with van der Waals surface area (Å²) < 4.78 is 0. The molecule has 1 heterocycles. The molecular weight excluding hydrogens is 350 g/mol. The van der Waals surface area contributed by atoms with Crippen LogP contribution in [-0.4, -0.2) is 26.7 Å². The maximum absolute atomic E-state index is 10.1. The molecule has 0 amide bonds. The van der Waals surface area contributed by atoms with Crippen molar-refractivity contribution in [1.82, 2.24) is 9.97 Å². The lowest BCUT2D eigenvalue weighted by atomic mass is 10.0. The molecule has 0 saturated carbocycles. The van der Waals surface area contributed by atoms with Crippen molar-refractivity contribution in [3.63, 3.8) is 0 Å². The van der Waals surface area contributed by atoms with Crippen LogP contribution in [0.4, 0.5) is 5.95 Å². The number of phenolic OH excluding ortho intramolecular Hbond substituents is 2. The van der Waals surface area contributed by atoms with Crippen molar-refractivity contribution in [2.45, 2.75) is 19.9 Å². The van der Waals surface area contributed by atoms with Crippen molar-refractivity contribution in [2.24, 2.45) is 0 Å². The van der Waals surface area contributed by atoms with Crippen LogP contribution in [0.15, 0.2) is 66.7 Å². The fourth-order valence-electron chi connectivity index (χ4n) is 3.39. The summed E-state index contributed by atoms with van der Waals surface area (Å²) in [4.78, 5) is 10.4. The van der Waals surface area contributed by atoms with Crippen LogP contribution >= 0.6 is 0 Å². The topological polar surface area (TPSA) is 72.4 Å². The second kappa shape index (κ2) is 7.64. The smallest absolute Gasteiger partial charge is 0.204 e. The number of para-hydroxylation sites is 2. The number of rotatable bonds is 6. The van der Waals surface area contributed by atoms with Crippen molar-refractivity contribution < 1.29 is 10.2 Å². The summed E-state index contributed by atoms with van der Waals surface area (Å²) in [7, 11) is 0. The highest BCUT2D eigenvalue weighted by Crippen LogP contribution is 2.32. The molecule has 3 N–H and O–H groups in total. The molecule has 3 aromatic carbocycles. The molecule has 4 aromatic rings. The van der Waals surface area contributed by atoms with Gasteiger partial charge in [-0.25, -0.2) is 4.98 Å². The fourth-order valence-corrected chi connectivity index (χ4v) is 3.39. The van der Waals surface area contributed by atoms with Crippen LogP contribution in [0.5, 0.6) is 11.5 Å². The average molecular weight is 373 g/mol. The maximum Gasteiger partial charge on any atom is 0.204 e. The number of benzene rings is 3. The largest absolute Gasteiger partial charge is 0.508 e. The van der Waals surface area contributed by atoms with Crippen LogP contribution < -0.4 is 4.90 Å². The summed E-state index contributed by atoms with van der Waals surface area (Å²) in [5, 5.41) is 19.5. The number of nitrogens with zero attached hydrogens (tertiary/aromatic N) is 2. The summed E-state index contributed by atoms with van der Waals surface area (Å²) in [5.74, 6) is 1.00. The van der Waals surface area contributed by atoms with Crippen LogP contribution in [0.1, 0.15) is 18.9 Å². The Hall–Kier alpha value is -3.47. The minimum absolute atomic E-state index is 0.0545. The number of aromatic nitrogens is 2. The molecule has 0 aliphatic heterocycles. The first-order chi connectivity index (χ1) is 13.6. The number of H-pyrrole nitrogens is 1. The monoisotopic (exact) mass is 373 g/mol. The molecule has 0 bridgehead atoms. The number of nitrogens with one attached hydrogen (secondary N) is 1. The molecule has 4 rings (SSSR count). The number of hydrogen-bond acceptors (Lipinski definition) is 4. The van der Waals surface area contributed by atoms with Gasteiger partial charge in [0.05, 0.1) is 11.0 Å². The Balaban J connectivity index is 1.57. The van der Waals surface area contributed by atoms with E-state index in [9.17, 15) is 10.2 Å². The van der Waals surface area contributed by atoms with Crippen molar-refractivity contribution in [3.05, 3.63) is 72.3 Å². The number of aromatic amines is 1. The highest BCUT2D eigenvalue weighted by Gasteiger charge is 2.12. The van der Waals surface area contributed by atoms with Gasteiger partial charge in [-0.2, -0.15) is 0 Å². The quantitative estimate of drug-likeness (QED) is 0.442. The molecule has 142 valence electrons. The van der Waals surface area contributed by atoms with E-state index in [2.05, 4.69) is 28.9 Å². The van der Waals surface area contributed by atoms with Crippen LogP contribution in [0.3, 0.4) is 0 Å². The van der Waals surface area contributed by atoms with Gasteiger partial charge in [0.15, 0.2) is 0 Å². The van der Waals surface area contributed by atoms with E-state index in [0.29, 0.717) is 5.56 Å². The fraction of sp³-hybridized carbons (Fsp3) is 0.174. The Bertz CT molecular complexity index is 1050. The van der Waals surface area contributed by atoms with E-state index in [0.717, 1.165) is 47.6 Å². The second-order valence-electron chi connectivity index (χ2n) is 6.90. The van der Waals surface area contributed by atoms with Gasteiger partial charge >= 0.3 is 0 Å². The Morgan fingerprint density at radius 2 is 1.75 bits per heavy atom. The van der Waals surface area contributed by atoms with Crippen LogP contribution in [0, 0.1) is 0 Å². The van der Waals surface area contributed by atoms with Gasteiger partial charge < -0.3 is 20.1 Å². The SMILES string of the molecule is CCCN(Cc1ccc(-c2ccc(O)cc2O)cc1)c1nc2ccccc2[nH]1. The first-order valence-electron chi connectivity index (χ1n) is 9.45. The van der Waals surface area contributed by atoms with Gasteiger partial charge in [0.2, 0.25) is 5.95 Å². The lowest BCUT2D eigenvalue weighted by molar-refractivity contribution is 0.452. The molecule has 0 aliphatic carbocycles. The Morgan fingerprint density at radius 1 is 0.964 bits per heavy atom. The van der Waals surface area contributed by atoms with Gasteiger partial charge in [0.1, 0.15) is 11.5 Å². The molecule has 0 aliphatic rings. The van der Waals surface area contributed by atoms with Crippen molar-refractivity contribution in [1.29, 1.82) is 0 Å². The second-order valence-corrected chi connectivity index (χ2v) is 6.90. The summed E-state index contributed by atoms with van der Waals surface area (Å²) in [5.41, 5.74) is 4.78. The summed E-state index contributed by atoms with van der Waals surface area (Å²) in [6, 6.07) is 20.8. The van der Waals surface area contributed by atoms with Gasteiger partial charge in [-0.3, -0.25) is 0 Å². The normalized spacial score (nSPS) is 11.0. The van der Waals surface area contributed by atoms with E-state index in [1.54, 1.807) is 12.1 Å². The Kier molecular flexibility index (Phi) is 4.89. The van der Waals surface area contributed by atoms with Gasteiger partial charge in [-0.1, -0.05) is 43.3 Å². The van der Waals surface area contributed by atoms with Crippen LogP contribution in [0.2, 0.25) is 0 Å². The zero-order chi connectivity index (χ0) is 19.5. The van der Waals surface area contributed by atoms with Crippen molar-refractivity contribution in [3.8, 4) is 22.6 Å². The highest BCUT2D eigenvalue weighted by atomic mass is 16.3. The third-order valence-electron chi connectivity index (χ3n) is 4.79. The molecule has 0 fully saturated rings. The molecule has 28 heavy (non-hydrogen) atoms.